The van der Waals surface area contributed by atoms with Crippen LogP contribution in [0.1, 0.15) is 44.7 Å². The molecule has 0 spiro atoms. The van der Waals surface area contributed by atoms with Crippen molar-refractivity contribution in [1.82, 2.24) is 0 Å². The van der Waals surface area contributed by atoms with E-state index < -0.39 is 5.60 Å². The monoisotopic (exact) mass is 325 g/mol. The van der Waals surface area contributed by atoms with Gasteiger partial charge in [-0.15, -0.1) is 0 Å². The van der Waals surface area contributed by atoms with E-state index in [-0.39, 0.29) is 6.09 Å². The Kier molecular flexibility index (Phi) is 4.19. The van der Waals surface area contributed by atoms with E-state index in [9.17, 15) is 4.79 Å². The highest BCUT2D eigenvalue weighted by atomic mass is 79.9. The number of fused-ring (bicyclic) bond motifs is 1. The topological polar surface area (TPSA) is 38.3 Å². The second-order valence-electron chi connectivity index (χ2n) is 5.89. The molecule has 1 aliphatic carbocycles. The molecule has 0 heterocycles. The molecule has 0 saturated carbocycles. The molecule has 0 radical (unpaired) electrons. The molecule has 1 aromatic rings. The molecule has 0 atom stereocenters. The summed E-state index contributed by atoms with van der Waals surface area (Å²) in [5, 5.41) is 2.87. The van der Waals surface area contributed by atoms with Crippen molar-refractivity contribution < 1.29 is 9.53 Å². The molecule has 0 bridgehead atoms. The number of benzene rings is 1. The fourth-order valence-electron chi connectivity index (χ4n) is 2.35. The van der Waals surface area contributed by atoms with Gasteiger partial charge in [0.2, 0.25) is 0 Å². The number of rotatable bonds is 1. The summed E-state index contributed by atoms with van der Waals surface area (Å²) in [6.45, 7) is 5.59. The summed E-state index contributed by atoms with van der Waals surface area (Å²) in [6.07, 6.45) is 4.08. The van der Waals surface area contributed by atoms with Gasteiger partial charge in [-0.2, -0.15) is 0 Å². The molecule has 19 heavy (non-hydrogen) atoms. The number of hydrogen-bond acceptors (Lipinski definition) is 2. The quantitative estimate of drug-likeness (QED) is 0.814. The molecular weight excluding hydrogens is 306 g/mol. The minimum atomic E-state index is -0.473. The third kappa shape index (κ3) is 3.72. The number of amides is 1. The highest BCUT2D eigenvalue weighted by Gasteiger charge is 2.20. The van der Waals surface area contributed by atoms with Gasteiger partial charge in [0.1, 0.15) is 5.60 Å². The summed E-state index contributed by atoms with van der Waals surface area (Å²) in [5.41, 5.74) is 2.97. The van der Waals surface area contributed by atoms with Gasteiger partial charge in [-0.25, -0.2) is 4.79 Å². The van der Waals surface area contributed by atoms with Crippen molar-refractivity contribution in [2.75, 3.05) is 5.32 Å². The molecule has 2 rings (SSSR count). The Labute approximate surface area is 122 Å². The molecule has 4 heteroatoms. The lowest BCUT2D eigenvalue weighted by Gasteiger charge is -2.23. The summed E-state index contributed by atoms with van der Waals surface area (Å²) in [7, 11) is 0. The average molecular weight is 326 g/mol. The van der Waals surface area contributed by atoms with Gasteiger partial charge >= 0.3 is 6.09 Å². The molecule has 0 aromatic heterocycles. The van der Waals surface area contributed by atoms with Crippen LogP contribution in [0.5, 0.6) is 0 Å². The second-order valence-corrected chi connectivity index (χ2v) is 6.74. The number of anilines is 1. The number of ether oxygens (including phenoxy) is 1. The van der Waals surface area contributed by atoms with Crippen LogP contribution in [0.4, 0.5) is 10.5 Å². The Morgan fingerprint density at radius 3 is 2.47 bits per heavy atom. The standard InChI is InChI=1S/C15H20BrNO2/c1-15(2,3)19-14(18)17-13-9-8-12(16)10-6-4-5-7-11(10)13/h8-9H,4-7H2,1-3H3,(H,17,18). The molecule has 0 fully saturated rings. The molecule has 0 saturated heterocycles. The second kappa shape index (κ2) is 5.53. The fraction of sp³-hybridized carbons (Fsp3) is 0.533. The third-order valence-electron chi connectivity index (χ3n) is 3.11. The van der Waals surface area contributed by atoms with Crippen LogP contribution in [0.3, 0.4) is 0 Å². The summed E-state index contributed by atoms with van der Waals surface area (Å²) in [4.78, 5) is 11.9. The van der Waals surface area contributed by atoms with Gasteiger partial charge in [-0.05, 0) is 69.7 Å². The summed E-state index contributed by atoms with van der Waals surface area (Å²) in [6, 6.07) is 3.94. The molecule has 104 valence electrons. The van der Waals surface area contributed by atoms with Crippen LogP contribution in [0.2, 0.25) is 0 Å². The number of nitrogens with one attached hydrogen (secondary N) is 1. The number of halogens is 1. The maximum Gasteiger partial charge on any atom is 0.412 e. The first-order chi connectivity index (χ1) is 8.87. The minimum Gasteiger partial charge on any atom is -0.444 e. The Morgan fingerprint density at radius 2 is 1.84 bits per heavy atom. The summed E-state index contributed by atoms with van der Waals surface area (Å²) in [5.74, 6) is 0. The van der Waals surface area contributed by atoms with Crippen molar-refractivity contribution in [3.05, 3.63) is 27.7 Å². The Bertz CT molecular complexity index is 492. The van der Waals surface area contributed by atoms with E-state index in [1.165, 1.54) is 24.0 Å². The maximum atomic E-state index is 11.9. The molecule has 0 aliphatic heterocycles. The molecule has 1 aromatic carbocycles. The predicted octanol–water partition coefficient (Wildman–Crippen LogP) is 4.67. The third-order valence-corrected chi connectivity index (χ3v) is 3.86. The van der Waals surface area contributed by atoms with Crippen LogP contribution in [0.25, 0.3) is 0 Å². The van der Waals surface area contributed by atoms with E-state index in [1.54, 1.807) is 0 Å². The minimum absolute atomic E-state index is 0.386. The lowest BCUT2D eigenvalue weighted by atomic mass is 9.90. The SMILES string of the molecule is CC(C)(C)OC(=O)Nc1ccc(Br)c2c1CCCC2. The van der Waals surface area contributed by atoms with Crippen molar-refractivity contribution in [2.45, 2.75) is 52.1 Å². The normalized spacial score (nSPS) is 14.7. The highest BCUT2D eigenvalue weighted by molar-refractivity contribution is 9.10. The van der Waals surface area contributed by atoms with Gasteiger partial charge in [-0.3, -0.25) is 5.32 Å². The van der Waals surface area contributed by atoms with Crippen molar-refractivity contribution >= 4 is 27.7 Å². The van der Waals surface area contributed by atoms with Gasteiger partial charge in [0, 0.05) is 10.2 Å². The van der Waals surface area contributed by atoms with Crippen molar-refractivity contribution in [3.63, 3.8) is 0 Å². The first-order valence-corrected chi connectivity index (χ1v) is 7.46. The van der Waals surface area contributed by atoms with Gasteiger partial charge in [0.25, 0.3) is 0 Å². The first kappa shape index (κ1) is 14.4. The van der Waals surface area contributed by atoms with Crippen LogP contribution in [0.15, 0.2) is 16.6 Å². The zero-order chi connectivity index (χ0) is 14.0. The molecule has 1 amide bonds. The lowest BCUT2D eigenvalue weighted by Crippen LogP contribution is -2.27. The van der Waals surface area contributed by atoms with Crippen LogP contribution in [-0.2, 0) is 17.6 Å². The average Bonchev–Trinajstić information content (AvgIpc) is 2.31. The van der Waals surface area contributed by atoms with Gasteiger partial charge in [-0.1, -0.05) is 15.9 Å². The van der Waals surface area contributed by atoms with Crippen LogP contribution in [0, 0.1) is 0 Å². The Hall–Kier alpha value is -1.03. The number of carbonyl (C=O) groups is 1. The predicted molar refractivity (Wildman–Crippen MR) is 80.6 cm³/mol. The zero-order valence-electron chi connectivity index (χ0n) is 11.7. The Morgan fingerprint density at radius 1 is 1.21 bits per heavy atom. The van der Waals surface area contributed by atoms with Crippen LogP contribution >= 0.6 is 15.9 Å². The molecule has 1 aliphatic rings. The van der Waals surface area contributed by atoms with E-state index in [0.717, 1.165) is 23.0 Å². The van der Waals surface area contributed by atoms with Crippen molar-refractivity contribution in [2.24, 2.45) is 0 Å². The fourth-order valence-corrected chi connectivity index (χ4v) is 2.92. The van der Waals surface area contributed by atoms with E-state index in [4.69, 9.17) is 4.74 Å². The highest BCUT2D eigenvalue weighted by Crippen LogP contribution is 2.33. The van der Waals surface area contributed by atoms with Gasteiger partial charge in [0.05, 0.1) is 0 Å². The molecule has 1 N–H and O–H groups in total. The Balaban J connectivity index is 2.19. The van der Waals surface area contributed by atoms with E-state index in [0.29, 0.717) is 0 Å². The van der Waals surface area contributed by atoms with E-state index in [1.807, 2.05) is 32.9 Å². The lowest BCUT2D eigenvalue weighted by molar-refractivity contribution is 0.0636. The van der Waals surface area contributed by atoms with Gasteiger partial charge < -0.3 is 4.74 Å². The largest absolute Gasteiger partial charge is 0.444 e. The summed E-state index contributed by atoms with van der Waals surface area (Å²) >= 11 is 3.59. The van der Waals surface area contributed by atoms with Crippen molar-refractivity contribution in [3.8, 4) is 0 Å². The van der Waals surface area contributed by atoms with E-state index >= 15 is 0 Å². The van der Waals surface area contributed by atoms with Crippen molar-refractivity contribution in [1.29, 1.82) is 0 Å². The smallest absolute Gasteiger partial charge is 0.412 e. The van der Waals surface area contributed by atoms with Gasteiger partial charge in [0.15, 0.2) is 0 Å². The molecular formula is C15H20BrNO2. The van der Waals surface area contributed by atoms with Crippen LogP contribution in [-0.4, -0.2) is 11.7 Å². The van der Waals surface area contributed by atoms with Crippen LogP contribution < -0.4 is 5.32 Å². The maximum absolute atomic E-state index is 11.9. The number of hydrogen-bond donors (Lipinski definition) is 1. The first-order valence-electron chi connectivity index (χ1n) is 6.67. The molecule has 3 nitrogen and oxygen atoms in total. The summed E-state index contributed by atoms with van der Waals surface area (Å²) < 4.78 is 6.44. The zero-order valence-corrected chi connectivity index (χ0v) is 13.3. The molecule has 0 unspecified atom stereocenters. The van der Waals surface area contributed by atoms with E-state index in [2.05, 4.69) is 21.2 Å². The number of carbonyl (C=O) groups excluding carboxylic acids is 1.